The van der Waals surface area contributed by atoms with E-state index in [0.29, 0.717) is 30.1 Å². The van der Waals surface area contributed by atoms with Crippen molar-refractivity contribution in [2.24, 2.45) is 11.7 Å². The summed E-state index contributed by atoms with van der Waals surface area (Å²) in [6, 6.07) is 5.43. The van der Waals surface area contributed by atoms with E-state index in [1.54, 1.807) is 13.0 Å². The van der Waals surface area contributed by atoms with Crippen molar-refractivity contribution in [1.82, 2.24) is 4.98 Å². The van der Waals surface area contributed by atoms with E-state index in [1.165, 1.54) is 0 Å². The summed E-state index contributed by atoms with van der Waals surface area (Å²) in [5, 5.41) is 2.85. The summed E-state index contributed by atoms with van der Waals surface area (Å²) in [5.74, 6) is 0.489. The molecule has 3 N–H and O–H groups in total. The number of hydrogen-bond acceptors (Lipinski definition) is 4. The first-order chi connectivity index (χ1) is 8.60. The second kappa shape index (κ2) is 5.18. The zero-order chi connectivity index (χ0) is 13.1. The highest BCUT2D eigenvalue weighted by Gasteiger charge is 2.12. The normalized spacial score (nSPS) is 12.6. The smallest absolute Gasteiger partial charge is 0.227 e. The lowest BCUT2D eigenvalue weighted by atomic mass is 10.1. The van der Waals surface area contributed by atoms with E-state index < -0.39 is 0 Å². The number of oxazole rings is 1. The van der Waals surface area contributed by atoms with Crippen LogP contribution in [0.2, 0.25) is 0 Å². The number of carbonyl (C=O) groups excluding carboxylic acids is 1. The van der Waals surface area contributed by atoms with Gasteiger partial charge in [0.05, 0.1) is 0 Å². The first kappa shape index (κ1) is 12.6. The highest BCUT2D eigenvalue weighted by molar-refractivity contribution is 5.94. The van der Waals surface area contributed by atoms with Crippen LogP contribution in [0.5, 0.6) is 0 Å². The van der Waals surface area contributed by atoms with Crippen LogP contribution < -0.4 is 11.1 Å². The first-order valence-electron chi connectivity index (χ1n) is 5.98. The van der Waals surface area contributed by atoms with Crippen LogP contribution in [0.4, 0.5) is 5.69 Å². The Morgan fingerprint density at radius 3 is 3.06 bits per heavy atom. The van der Waals surface area contributed by atoms with Crippen LogP contribution in [0.3, 0.4) is 0 Å². The number of benzene rings is 1. The predicted octanol–water partition coefficient (Wildman–Crippen LogP) is 2.06. The maximum atomic E-state index is 11.8. The molecule has 5 heteroatoms. The van der Waals surface area contributed by atoms with Crippen molar-refractivity contribution in [3.8, 4) is 0 Å². The minimum absolute atomic E-state index is 0.0314. The van der Waals surface area contributed by atoms with Crippen molar-refractivity contribution >= 4 is 22.7 Å². The van der Waals surface area contributed by atoms with Crippen molar-refractivity contribution in [2.45, 2.75) is 20.3 Å². The summed E-state index contributed by atoms with van der Waals surface area (Å²) < 4.78 is 5.42. The van der Waals surface area contributed by atoms with Crippen LogP contribution in [-0.4, -0.2) is 17.4 Å². The van der Waals surface area contributed by atoms with Gasteiger partial charge in [-0.05, 0) is 25.1 Å². The molecule has 1 aromatic heterocycles. The fourth-order valence-corrected chi connectivity index (χ4v) is 1.76. The molecule has 0 radical (unpaired) electrons. The van der Waals surface area contributed by atoms with E-state index in [4.69, 9.17) is 10.2 Å². The number of aryl methyl sites for hydroxylation is 1. The number of aromatic nitrogens is 1. The van der Waals surface area contributed by atoms with E-state index in [0.717, 1.165) is 5.52 Å². The Bertz CT molecular complexity index is 562. The molecule has 0 fully saturated rings. The molecule has 2 rings (SSSR count). The van der Waals surface area contributed by atoms with Gasteiger partial charge < -0.3 is 15.5 Å². The van der Waals surface area contributed by atoms with Gasteiger partial charge >= 0.3 is 0 Å². The van der Waals surface area contributed by atoms with Crippen LogP contribution in [0.25, 0.3) is 11.1 Å². The third-order valence-corrected chi connectivity index (χ3v) is 2.81. The van der Waals surface area contributed by atoms with E-state index >= 15 is 0 Å². The fraction of sp³-hybridized carbons (Fsp3) is 0.385. The Morgan fingerprint density at radius 1 is 1.56 bits per heavy atom. The number of amides is 1. The molecule has 18 heavy (non-hydrogen) atoms. The number of nitrogens with one attached hydrogen (secondary N) is 1. The maximum absolute atomic E-state index is 11.8. The van der Waals surface area contributed by atoms with Gasteiger partial charge in [0.15, 0.2) is 11.5 Å². The quantitative estimate of drug-likeness (QED) is 0.866. The Hall–Kier alpha value is -1.88. The monoisotopic (exact) mass is 247 g/mol. The highest BCUT2D eigenvalue weighted by Crippen LogP contribution is 2.20. The Balaban J connectivity index is 2.14. The summed E-state index contributed by atoms with van der Waals surface area (Å²) in [7, 11) is 0. The molecule has 0 saturated carbocycles. The second-order valence-corrected chi connectivity index (χ2v) is 4.38. The van der Waals surface area contributed by atoms with Gasteiger partial charge in [0, 0.05) is 24.6 Å². The predicted molar refractivity (Wildman–Crippen MR) is 70.2 cm³/mol. The maximum Gasteiger partial charge on any atom is 0.227 e. The third kappa shape index (κ3) is 2.68. The van der Waals surface area contributed by atoms with Gasteiger partial charge in [-0.2, -0.15) is 0 Å². The molecule has 1 heterocycles. The third-order valence-electron chi connectivity index (χ3n) is 2.81. The molecule has 96 valence electrons. The lowest BCUT2D eigenvalue weighted by Crippen LogP contribution is -2.22. The minimum Gasteiger partial charge on any atom is -0.441 e. The molecule has 1 atom stereocenters. The number of nitrogens with two attached hydrogens (primary N) is 1. The number of rotatable bonds is 4. The van der Waals surface area contributed by atoms with Gasteiger partial charge in [-0.3, -0.25) is 4.79 Å². The van der Waals surface area contributed by atoms with Crippen molar-refractivity contribution < 1.29 is 9.21 Å². The van der Waals surface area contributed by atoms with Crippen LogP contribution in [-0.2, 0) is 4.79 Å². The lowest BCUT2D eigenvalue weighted by Gasteiger charge is -2.10. The molecule has 1 unspecified atom stereocenters. The van der Waals surface area contributed by atoms with Crippen LogP contribution in [0.1, 0.15) is 19.2 Å². The van der Waals surface area contributed by atoms with Crippen molar-refractivity contribution in [1.29, 1.82) is 0 Å². The Kier molecular flexibility index (Phi) is 3.62. The molecule has 0 aliphatic carbocycles. The van der Waals surface area contributed by atoms with Gasteiger partial charge in [-0.1, -0.05) is 6.92 Å². The second-order valence-electron chi connectivity index (χ2n) is 4.38. The van der Waals surface area contributed by atoms with Gasteiger partial charge in [0.2, 0.25) is 5.91 Å². The summed E-state index contributed by atoms with van der Waals surface area (Å²) in [5.41, 5.74) is 7.62. The molecule has 0 aliphatic heterocycles. The van der Waals surface area contributed by atoms with Crippen molar-refractivity contribution in [3.05, 3.63) is 24.1 Å². The number of hydrogen-bond donors (Lipinski definition) is 2. The number of anilines is 1. The highest BCUT2D eigenvalue weighted by atomic mass is 16.3. The summed E-state index contributed by atoms with van der Waals surface area (Å²) in [6.07, 6.45) is 0.676. The number of fused-ring (bicyclic) bond motifs is 1. The molecule has 1 aromatic carbocycles. The standard InChI is InChI=1S/C13H17N3O2/c1-8(5-6-14)13(17)16-10-3-4-11-12(7-10)18-9(2)15-11/h3-4,7-8H,5-6,14H2,1-2H3,(H,16,17). The van der Waals surface area contributed by atoms with Crippen LogP contribution in [0.15, 0.2) is 22.6 Å². The fourth-order valence-electron chi connectivity index (χ4n) is 1.76. The average molecular weight is 247 g/mol. The molecule has 2 aromatic rings. The van der Waals surface area contributed by atoms with E-state index in [-0.39, 0.29) is 11.8 Å². The average Bonchev–Trinajstić information content (AvgIpc) is 2.68. The van der Waals surface area contributed by atoms with Crippen LogP contribution >= 0.6 is 0 Å². The van der Waals surface area contributed by atoms with Gasteiger partial charge in [-0.25, -0.2) is 4.98 Å². The molecule has 0 spiro atoms. The van der Waals surface area contributed by atoms with E-state index in [2.05, 4.69) is 10.3 Å². The van der Waals surface area contributed by atoms with Gasteiger partial charge in [-0.15, -0.1) is 0 Å². The number of carbonyl (C=O) groups is 1. The largest absolute Gasteiger partial charge is 0.441 e. The molecular formula is C13H17N3O2. The zero-order valence-corrected chi connectivity index (χ0v) is 10.6. The lowest BCUT2D eigenvalue weighted by molar-refractivity contribution is -0.119. The molecule has 0 bridgehead atoms. The van der Waals surface area contributed by atoms with E-state index in [9.17, 15) is 4.79 Å². The van der Waals surface area contributed by atoms with Crippen molar-refractivity contribution in [2.75, 3.05) is 11.9 Å². The topological polar surface area (TPSA) is 81.2 Å². The Labute approximate surface area is 105 Å². The van der Waals surface area contributed by atoms with Gasteiger partial charge in [0.25, 0.3) is 0 Å². The summed E-state index contributed by atoms with van der Waals surface area (Å²) in [4.78, 5) is 16.0. The molecule has 0 aliphatic rings. The van der Waals surface area contributed by atoms with Gasteiger partial charge in [0.1, 0.15) is 5.52 Å². The zero-order valence-electron chi connectivity index (χ0n) is 10.6. The molecule has 5 nitrogen and oxygen atoms in total. The Morgan fingerprint density at radius 2 is 2.33 bits per heavy atom. The van der Waals surface area contributed by atoms with Crippen molar-refractivity contribution in [3.63, 3.8) is 0 Å². The summed E-state index contributed by atoms with van der Waals surface area (Å²) in [6.45, 7) is 4.16. The molecule has 0 saturated heterocycles. The minimum atomic E-state index is -0.0952. The number of nitrogens with zero attached hydrogens (tertiary/aromatic N) is 1. The SMILES string of the molecule is Cc1nc2ccc(NC(=O)C(C)CCN)cc2o1. The van der Waals surface area contributed by atoms with Crippen LogP contribution in [0, 0.1) is 12.8 Å². The first-order valence-corrected chi connectivity index (χ1v) is 5.98. The molecular weight excluding hydrogens is 230 g/mol. The van der Waals surface area contributed by atoms with E-state index in [1.807, 2.05) is 19.1 Å². The molecule has 1 amide bonds. The summed E-state index contributed by atoms with van der Waals surface area (Å²) >= 11 is 0.